The van der Waals surface area contributed by atoms with Crippen LogP contribution in [0.3, 0.4) is 0 Å². The standard InChI is InChI=1S/C30H34F2N6O3/c1-17-15-20-27(26(32)24(17)25-21(31)7-5-9-23(25)40-4)33-30(41-18(2)22-8-6-12-36(22)3)28-29(20)38(35-34-28)19-10-13-37(16-39)14-11-19/h5,7,9,15-16,18-19,22H,6,8,10-14H2,1-4H3/t18-,22?/m0/s1. The summed E-state index contributed by atoms with van der Waals surface area (Å²) < 4.78 is 45.5. The Morgan fingerprint density at radius 1 is 1.10 bits per heavy atom. The fraction of sp³-hybridized carbons (Fsp3) is 0.467. The average molecular weight is 565 g/mol. The molecule has 216 valence electrons. The van der Waals surface area contributed by atoms with Gasteiger partial charge in [0.05, 0.1) is 18.7 Å². The van der Waals surface area contributed by atoms with Crippen LogP contribution in [-0.2, 0) is 4.79 Å². The van der Waals surface area contributed by atoms with Crippen molar-refractivity contribution in [2.45, 2.75) is 57.7 Å². The zero-order valence-corrected chi connectivity index (χ0v) is 23.7. The molecule has 1 amide bonds. The molecule has 0 bridgehead atoms. The van der Waals surface area contributed by atoms with Crippen molar-refractivity contribution >= 4 is 28.3 Å². The van der Waals surface area contributed by atoms with Crippen molar-refractivity contribution in [2.24, 2.45) is 0 Å². The molecule has 0 saturated carbocycles. The molecule has 2 fully saturated rings. The molecule has 1 unspecified atom stereocenters. The Morgan fingerprint density at radius 3 is 2.56 bits per heavy atom. The number of benzene rings is 2. The molecule has 2 aliphatic heterocycles. The second-order valence-electron chi connectivity index (χ2n) is 11.1. The van der Waals surface area contributed by atoms with Gasteiger partial charge in [0.1, 0.15) is 28.7 Å². The van der Waals surface area contributed by atoms with Crippen LogP contribution in [0.25, 0.3) is 33.1 Å². The van der Waals surface area contributed by atoms with Crippen LogP contribution in [0.2, 0.25) is 0 Å². The first kappa shape index (κ1) is 27.3. The van der Waals surface area contributed by atoms with E-state index < -0.39 is 11.6 Å². The van der Waals surface area contributed by atoms with Crippen molar-refractivity contribution in [3.8, 4) is 22.8 Å². The van der Waals surface area contributed by atoms with Crippen molar-refractivity contribution in [1.29, 1.82) is 0 Å². The molecule has 0 N–H and O–H groups in total. The third-order valence-electron chi connectivity index (χ3n) is 8.66. The van der Waals surface area contributed by atoms with Crippen molar-refractivity contribution in [3.05, 3.63) is 41.5 Å². The molecular formula is C30H34F2N6O3. The van der Waals surface area contributed by atoms with Crippen molar-refractivity contribution in [2.75, 3.05) is 33.8 Å². The van der Waals surface area contributed by atoms with Crippen LogP contribution in [-0.4, -0.2) is 82.1 Å². The van der Waals surface area contributed by atoms with Gasteiger partial charge < -0.3 is 14.4 Å². The smallest absolute Gasteiger partial charge is 0.245 e. The first-order chi connectivity index (χ1) is 19.8. The Balaban J connectivity index is 1.57. The molecule has 0 spiro atoms. The molecule has 0 aliphatic carbocycles. The van der Waals surface area contributed by atoms with E-state index in [1.807, 2.05) is 17.7 Å². The molecule has 4 heterocycles. The van der Waals surface area contributed by atoms with E-state index in [9.17, 15) is 4.79 Å². The van der Waals surface area contributed by atoms with Gasteiger partial charge in [-0.15, -0.1) is 5.10 Å². The van der Waals surface area contributed by atoms with Gasteiger partial charge in [0, 0.05) is 30.1 Å². The third-order valence-corrected chi connectivity index (χ3v) is 8.66. The minimum absolute atomic E-state index is 0.0391. The Labute approximate surface area is 237 Å². The molecule has 4 aromatic rings. The highest BCUT2D eigenvalue weighted by Gasteiger charge is 2.32. The predicted octanol–water partition coefficient (Wildman–Crippen LogP) is 4.90. The Bertz CT molecular complexity index is 1620. The normalized spacial score (nSPS) is 19.3. The summed E-state index contributed by atoms with van der Waals surface area (Å²) >= 11 is 0. The minimum atomic E-state index is -0.663. The summed E-state index contributed by atoms with van der Waals surface area (Å²) in [6, 6.07) is 6.39. The summed E-state index contributed by atoms with van der Waals surface area (Å²) in [6.45, 7) is 5.91. The maximum absolute atomic E-state index is 16.7. The number of aromatic nitrogens is 4. The number of halogens is 2. The maximum atomic E-state index is 16.7. The summed E-state index contributed by atoms with van der Waals surface area (Å²) in [4.78, 5) is 20.0. The lowest BCUT2D eigenvalue weighted by Gasteiger charge is -2.29. The fourth-order valence-electron chi connectivity index (χ4n) is 6.48. The number of amides is 1. The van der Waals surface area contributed by atoms with Crippen LogP contribution in [0, 0.1) is 18.6 Å². The lowest BCUT2D eigenvalue weighted by molar-refractivity contribution is -0.119. The summed E-state index contributed by atoms with van der Waals surface area (Å²) in [5.41, 5.74) is 1.80. The Kier molecular flexibility index (Phi) is 7.23. The quantitative estimate of drug-likeness (QED) is 0.295. The molecule has 6 rings (SSSR count). The fourth-order valence-corrected chi connectivity index (χ4v) is 6.48. The lowest BCUT2D eigenvalue weighted by Crippen LogP contribution is -2.38. The van der Waals surface area contributed by atoms with Crippen LogP contribution in [0.15, 0.2) is 24.3 Å². The van der Waals surface area contributed by atoms with E-state index in [1.54, 1.807) is 17.9 Å². The van der Waals surface area contributed by atoms with Crippen LogP contribution >= 0.6 is 0 Å². The van der Waals surface area contributed by atoms with Crippen LogP contribution in [0.5, 0.6) is 11.6 Å². The number of piperidine rings is 1. The minimum Gasteiger partial charge on any atom is -0.496 e. The number of pyridine rings is 1. The highest BCUT2D eigenvalue weighted by Crippen LogP contribution is 2.42. The number of likely N-dealkylation sites (tertiary alicyclic amines) is 2. The van der Waals surface area contributed by atoms with Gasteiger partial charge in [0.2, 0.25) is 12.3 Å². The number of likely N-dealkylation sites (N-methyl/N-ethyl adjacent to an activating group) is 1. The highest BCUT2D eigenvalue weighted by atomic mass is 19.1. The van der Waals surface area contributed by atoms with Gasteiger partial charge >= 0.3 is 0 Å². The number of hydrogen-bond donors (Lipinski definition) is 0. The van der Waals surface area contributed by atoms with Crippen molar-refractivity contribution in [1.82, 2.24) is 29.8 Å². The highest BCUT2D eigenvalue weighted by molar-refractivity contribution is 6.06. The zero-order valence-electron chi connectivity index (χ0n) is 23.7. The lowest BCUT2D eigenvalue weighted by atomic mass is 9.95. The van der Waals surface area contributed by atoms with E-state index in [2.05, 4.69) is 27.2 Å². The number of ether oxygens (including phenoxy) is 2. The van der Waals surface area contributed by atoms with Gasteiger partial charge in [0.25, 0.3) is 0 Å². The van der Waals surface area contributed by atoms with E-state index in [4.69, 9.17) is 9.47 Å². The maximum Gasteiger partial charge on any atom is 0.245 e. The predicted molar refractivity (Wildman–Crippen MR) is 151 cm³/mol. The summed E-state index contributed by atoms with van der Waals surface area (Å²) in [6.07, 6.45) is 4.07. The molecule has 2 aromatic heterocycles. The summed E-state index contributed by atoms with van der Waals surface area (Å²) in [5.74, 6) is -0.819. The van der Waals surface area contributed by atoms with E-state index >= 15 is 8.78 Å². The largest absolute Gasteiger partial charge is 0.496 e. The molecular weight excluding hydrogens is 530 g/mol. The zero-order chi connectivity index (χ0) is 28.8. The molecule has 2 saturated heterocycles. The van der Waals surface area contributed by atoms with Gasteiger partial charge in [-0.2, -0.15) is 0 Å². The van der Waals surface area contributed by atoms with Crippen LogP contribution < -0.4 is 9.47 Å². The van der Waals surface area contributed by atoms with Gasteiger partial charge in [-0.05, 0) is 76.9 Å². The monoisotopic (exact) mass is 564 g/mol. The average Bonchev–Trinajstić information content (AvgIpc) is 3.61. The number of nitrogens with zero attached hydrogens (tertiary/aromatic N) is 6. The number of rotatable bonds is 7. The van der Waals surface area contributed by atoms with E-state index in [1.165, 1.54) is 19.2 Å². The van der Waals surface area contributed by atoms with Gasteiger partial charge in [0.15, 0.2) is 11.3 Å². The van der Waals surface area contributed by atoms with Crippen molar-refractivity contribution < 1.29 is 23.0 Å². The topological polar surface area (TPSA) is 85.6 Å². The van der Waals surface area contributed by atoms with Crippen molar-refractivity contribution in [3.63, 3.8) is 0 Å². The van der Waals surface area contributed by atoms with Gasteiger partial charge in [-0.25, -0.2) is 18.4 Å². The summed E-state index contributed by atoms with van der Waals surface area (Å²) in [7, 11) is 3.50. The second kappa shape index (κ2) is 10.8. The molecule has 2 aliphatic rings. The second-order valence-corrected chi connectivity index (χ2v) is 11.1. The number of fused-ring (bicyclic) bond motifs is 3. The van der Waals surface area contributed by atoms with E-state index in [-0.39, 0.29) is 46.5 Å². The first-order valence-corrected chi connectivity index (χ1v) is 14.1. The van der Waals surface area contributed by atoms with E-state index in [0.29, 0.717) is 47.9 Å². The Morgan fingerprint density at radius 2 is 1.88 bits per heavy atom. The number of aryl methyl sites for hydroxylation is 1. The van der Waals surface area contributed by atoms with E-state index in [0.717, 1.165) is 25.8 Å². The van der Waals surface area contributed by atoms with Gasteiger partial charge in [-0.3, -0.25) is 9.69 Å². The number of hydrogen-bond acceptors (Lipinski definition) is 7. The number of methoxy groups -OCH3 is 1. The molecule has 11 heteroatoms. The third kappa shape index (κ3) is 4.65. The summed E-state index contributed by atoms with van der Waals surface area (Å²) in [5, 5.41) is 9.52. The molecule has 9 nitrogen and oxygen atoms in total. The van der Waals surface area contributed by atoms with Crippen LogP contribution in [0.1, 0.15) is 44.2 Å². The van der Waals surface area contributed by atoms with Crippen LogP contribution in [0.4, 0.5) is 8.78 Å². The number of carbonyl (C=O) groups is 1. The number of carbonyl (C=O) groups excluding carboxylic acids is 1. The molecule has 0 radical (unpaired) electrons. The molecule has 2 aromatic carbocycles. The Hall–Kier alpha value is -3.86. The molecule has 2 atom stereocenters. The SMILES string of the molecule is COc1cccc(F)c1-c1c(C)cc2c(nc(O[C@@H](C)C3CCCN3C)c3nnn(C4CCN(C=O)CC4)c32)c1F. The first-order valence-electron chi connectivity index (χ1n) is 14.1. The molecule has 41 heavy (non-hydrogen) atoms. The van der Waals surface area contributed by atoms with Gasteiger partial charge in [-0.1, -0.05) is 11.3 Å².